The molecule has 1 aliphatic rings. The van der Waals surface area contributed by atoms with E-state index in [4.69, 9.17) is 19.0 Å². The maximum absolute atomic E-state index is 13.3. The average Bonchev–Trinajstić information content (AvgIpc) is 3.60. The summed E-state index contributed by atoms with van der Waals surface area (Å²) in [7, 11) is 3.25. The summed E-state index contributed by atoms with van der Waals surface area (Å²) in [5, 5.41) is 14.7. The molecule has 1 amide bonds. The third kappa shape index (κ3) is 5.08. The number of amides is 1. The van der Waals surface area contributed by atoms with E-state index in [2.05, 4.69) is 15.2 Å². The number of carbonyl (C=O) groups is 1. The van der Waals surface area contributed by atoms with E-state index < -0.39 is 0 Å². The van der Waals surface area contributed by atoms with Gasteiger partial charge in [-0.2, -0.15) is 5.10 Å². The van der Waals surface area contributed by atoms with Gasteiger partial charge in [-0.25, -0.2) is 5.01 Å². The molecular formula is C26H23N5O4S. The first-order valence-corrected chi connectivity index (χ1v) is 12.2. The Labute approximate surface area is 212 Å². The molecule has 0 fully saturated rings. The fourth-order valence-electron chi connectivity index (χ4n) is 3.85. The first kappa shape index (κ1) is 23.6. The molecule has 1 atom stereocenters. The van der Waals surface area contributed by atoms with Crippen molar-refractivity contribution in [2.45, 2.75) is 17.7 Å². The van der Waals surface area contributed by atoms with Crippen molar-refractivity contribution in [2.24, 2.45) is 5.10 Å². The van der Waals surface area contributed by atoms with E-state index in [1.54, 1.807) is 43.8 Å². The minimum atomic E-state index is -0.240. The van der Waals surface area contributed by atoms with Crippen LogP contribution >= 0.6 is 11.8 Å². The molecule has 0 saturated carbocycles. The molecule has 2 aromatic carbocycles. The number of benzene rings is 2. The quantitative estimate of drug-likeness (QED) is 0.322. The molecule has 182 valence electrons. The number of hydrazone groups is 1. The Morgan fingerprint density at radius 3 is 2.28 bits per heavy atom. The molecule has 36 heavy (non-hydrogen) atoms. The summed E-state index contributed by atoms with van der Waals surface area (Å²) >= 11 is 1.18. The molecule has 0 spiro atoms. The Hall–Kier alpha value is -4.18. The maximum Gasteiger partial charge on any atom is 0.277 e. The predicted octanol–water partition coefficient (Wildman–Crippen LogP) is 4.62. The van der Waals surface area contributed by atoms with Gasteiger partial charge in [-0.3, -0.25) is 9.78 Å². The molecule has 9 nitrogen and oxygen atoms in total. The lowest BCUT2D eigenvalue weighted by Crippen LogP contribution is -2.28. The number of pyridine rings is 1. The highest BCUT2D eigenvalue weighted by Crippen LogP contribution is 2.35. The first-order chi connectivity index (χ1) is 17.6. The monoisotopic (exact) mass is 501 g/mol. The van der Waals surface area contributed by atoms with Gasteiger partial charge in [-0.1, -0.05) is 23.9 Å². The van der Waals surface area contributed by atoms with Crippen LogP contribution in [0.4, 0.5) is 0 Å². The number of carbonyl (C=O) groups excluding carboxylic acids is 1. The molecule has 1 unspecified atom stereocenters. The normalized spacial score (nSPS) is 15.0. The van der Waals surface area contributed by atoms with E-state index in [1.807, 2.05) is 48.5 Å². The Morgan fingerprint density at radius 2 is 1.61 bits per heavy atom. The van der Waals surface area contributed by atoms with Gasteiger partial charge in [0.2, 0.25) is 5.89 Å². The van der Waals surface area contributed by atoms with Gasteiger partial charge in [0, 0.05) is 24.4 Å². The molecular weight excluding hydrogens is 478 g/mol. The molecule has 0 bridgehead atoms. The minimum absolute atomic E-state index is 0.101. The topological polar surface area (TPSA) is 103 Å². The summed E-state index contributed by atoms with van der Waals surface area (Å²) in [5.74, 6) is 1.84. The molecule has 1 aliphatic heterocycles. The van der Waals surface area contributed by atoms with E-state index >= 15 is 0 Å². The van der Waals surface area contributed by atoms with Gasteiger partial charge in [0.05, 0.1) is 31.7 Å². The van der Waals surface area contributed by atoms with Crippen LogP contribution in [0.2, 0.25) is 0 Å². The van der Waals surface area contributed by atoms with Gasteiger partial charge in [0.1, 0.15) is 11.5 Å². The zero-order valence-electron chi connectivity index (χ0n) is 19.7. The number of hydrogen-bond donors (Lipinski definition) is 0. The Kier molecular flexibility index (Phi) is 6.94. The van der Waals surface area contributed by atoms with Crippen molar-refractivity contribution < 1.29 is 18.7 Å². The van der Waals surface area contributed by atoms with E-state index in [0.29, 0.717) is 17.5 Å². The molecule has 0 radical (unpaired) electrons. The fraction of sp³-hybridized carbons (Fsp3) is 0.192. The lowest BCUT2D eigenvalue weighted by atomic mass is 9.98. The predicted molar refractivity (Wildman–Crippen MR) is 135 cm³/mol. The summed E-state index contributed by atoms with van der Waals surface area (Å²) < 4.78 is 16.3. The minimum Gasteiger partial charge on any atom is -0.497 e. The van der Waals surface area contributed by atoms with Crippen LogP contribution in [0.1, 0.15) is 23.6 Å². The van der Waals surface area contributed by atoms with Gasteiger partial charge >= 0.3 is 0 Å². The van der Waals surface area contributed by atoms with E-state index in [1.165, 1.54) is 11.8 Å². The second kappa shape index (κ2) is 10.6. The van der Waals surface area contributed by atoms with Crippen molar-refractivity contribution in [2.75, 3.05) is 20.0 Å². The molecule has 0 aliphatic carbocycles. The van der Waals surface area contributed by atoms with Crippen LogP contribution in [0.5, 0.6) is 11.5 Å². The third-order valence-electron chi connectivity index (χ3n) is 5.74. The van der Waals surface area contributed by atoms with E-state index in [9.17, 15) is 4.79 Å². The van der Waals surface area contributed by atoms with E-state index in [-0.39, 0.29) is 17.7 Å². The Balaban J connectivity index is 1.35. The van der Waals surface area contributed by atoms with Crippen LogP contribution in [0, 0.1) is 0 Å². The number of rotatable bonds is 8. The van der Waals surface area contributed by atoms with Crippen LogP contribution in [0.3, 0.4) is 0 Å². The first-order valence-electron chi connectivity index (χ1n) is 11.2. The fourth-order valence-corrected chi connectivity index (χ4v) is 4.47. The van der Waals surface area contributed by atoms with E-state index in [0.717, 1.165) is 33.9 Å². The van der Waals surface area contributed by atoms with Crippen LogP contribution in [0.15, 0.2) is 87.8 Å². The standard InChI is InChI=1S/C26H23N5O4S/c1-33-20-7-3-17(4-8-20)22-15-23(18-5-9-21(34-2)10-6-18)31(30-22)24(32)16-36-26-29-28-25(35-26)19-11-13-27-14-12-19/h3-14,23H,15-16H2,1-2H3. The second-order valence-electron chi connectivity index (χ2n) is 7.90. The molecule has 5 rings (SSSR count). The Morgan fingerprint density at radius 1 is 0.944 bits per heavy atom. The SMILES string of the molecule is COc1ccc(C2=NN(C(=O)CSc3nnc(-c4ccncc4)o3)C(c3ccc(OC)cc3)C2)cc1. The molecule has 3 heterocycles. The summed E-state index contributed by atoms with van der Waals surface area (Å²) in [6, 6.07) is 18.7. The highest BCUT2D eigenvalue weighted by molar-refractivity contribution is 7.99. The van der Waals surface area contributed by atoms with Crippen LogP contribution in [-0.4, -0.2) is 51.8 Å². The smallest absolute Gasteiger partial charge is 0.277 e. The molecule has 10 heteroatoms. The number of aromatic nitrogens is 3. The number of hydrogen-bond acceptors (Lipinski definition) is 9. The van der Waals surface area contributed by atoms with Gasteiger partial charge in [-0.05, 0) is 59.7 Å². The largest absolute Gasteiger partial charge is 0.497 e. The average molecular weight is 502 g/mol. The summed E-state index contributed by atoms with van der Waals surface area (Å²) in [4.78, 5) is 17.3. The summed E-state index contributed by atoms with van der Waals surface area (Å²) in [5.41, 5.74) is 3.51. The van der Waals surface area contributed by atoms with Crippen molar-refractivity contribution in [3.8, 4) is 23.0 Å². The highest BCUT2D eigenvalue weighted by Gasteiger charge is 2.33. The third-order valence-corrected chi connectivity index (χ3v) is 6.55. The van der Waals surface area contributed by atoms with Crippen molar-refractivity contribution in [3.05, 3.63) is 84.2 Å². The van der Waals surface area contributed by atoms with Crippen molar-refractivity contribution in [1.29, 1.82) is 0 Å². The van der Waals surface area contributed by atoms with Gasteiger partial charge in [0.25, 0.3) is 11.1 Å². The van der Waals surface area contributed by atoms with Crippen molar-refractivity contribution >= 4 is 23.4 Å². The number of thioether (sulfide) groups is 1. The lowest BCUT2D eigenvalue weighted by molar-refractivity contribution is -0.130. The summed E-state index contributed by atoms with van der Waals surface area (Å²) in [6.07, 6.45) is 3.89. The van der Waals surface area contributed by atoms with Crippen LogP contribution in [0.25, 0.3) is 11.5 Å². The maximum atomic E-state index is 13.3. The second-order valence-corrected chi connectivity index (χ2v) is 8.83. The van der Waals surface area contributed by atoms with Gasteiger partial charge in [0.15, 0.2) is 0 Å². The van der Waals surface area contributed by atoms with Crippen molar-refractivity contribution in [3.63, 3.8) is 0 Å². The van der Waals surface area contributed by atoms with Gasteiger partial charge in [-0.15, -0.1) is 10.2 Å². The highest BCUT2D eigenvalue weighted by atomic mass is 32.2. The molecule has 2 aromatic heterocycles. The molecule has 4 aromatic rings. The Bertz CT molecular complexity index is 1360. The number of nitrogens with zero attached hydrogens (tertiary/aromatic N) is 5. The zero-order chi connectivity index (χ0) is 24.9. The zero-order valence-corrected chi connectivity index (χ0v) is 20.5. The number of ether oxygens (including phenoxy) is 2. The number of methoxy groups -OCH3 is 2. The lowest BCUT2D eigenvalue weighted by Gasteiger charge is -2.22. The van der Waals surface area contributed by atoms with Gasteiger partial charge < -0.3 is 13.9 Å². The van der Waals surface area contributed by atoms with Crippen molar-refractivity contribution in [1.82, 2.24) is 20.2 Å². The van der Waals surface area contributed by atoms with Crippen LogP contribution in [-0.2, 0) is 4.79 Å². The summed E-state index contributed by atoms with van der Waals surface area (Å²) in [6.45, 7) is 0. The van der Waals surface area contributed by atoms with Crippen LogP contribution < -0.4 is 9.47 Å². The molecule has 0 N–H and O–H groups in total. The molecule has 0 saturated heterocycles.